The SMILES string of the molecule is Cc1cc(-c2ccc3c4ccc(-c5cc(C)cc(C(F)(F)F)c5)cc4n(-c4cc(-c5c(C)cccc5C(F)(F)F)cc(-n5c6cc(-c7cc(C)cc(C(F)(F)F)c7)ccc6c6ccc(-c7cc(C)cc(C(F)(F)F)c7)cc65)c4C#N)c3c2)cc(C(F)(F)F)c1. The summed E-state index contributed by atoms with van der Waals surface area (Å²) in [4.78, 5) is 0. The lowest BCUT2D eigenvalue weighted by atomic mass is 9.92. The molecule has 10 aromatic carbocycles. The number of alkyl halides is 15. The Morgan fingerprint density at radius 1 is 0.303 bits per heavy atom. The van der Waals surface area contributed by atoms with Gasteiger partial charge < -0.3 is 9.13 Å². The average molecular weight is 1220 g/mol. The molecule has 0 radical (unpaired) electrons. The minimum absolute atomic E-state index is 0.0969. The molecule has 2 aromatic heterocycles. The fraction of sp³-hybridized carbons (Fsp3) is 0.141. The molecule has 0 aliphatic carbocycles. The van der Waals surface area contributed by atoms with E-state index in [1.165, 1.54) is 117 Å². The fourth-order valence-corrected chi connectivity index (χ4v) is 12.2. The molecule has 3 nitrogen and oxygen atoms in total. The van der Waals surface area contributed by atoms with Gasteiger partial charge in [-0.25, -0.2) is 0 Å². The Bertz CT molecular complexity index is 4450. The van der Waals surface area contributed by atoms with Crippen molar-refractivity contribution < 1.29 is 65.9 Å². The van der Waals surface area contributed by atoms with Crippen LogP contribution in [0.1, 0.15) is 61.2 Å². The van der Waals surface area contributed by atoms with Gasteiger partial charge in [0.05, 0.1) is 61.3 Å². The summed E-state index contributed by atoms with van der Waals surface area (Å²) in [5.41, 5.74) is -3.05. The van der Waals surface area contributed by atoms with Crippen LogP contribution >= 0.6 is 0 Å². The van der Waals surface area contributed by atoms with Crippen molar-refractivity contribution in [3.63, 3.8) is 0 Å². The Hall–Kier alpha value is -9.76. The average Bonchev–Trinajstić information content (AvgIpc) is 1.83. The van der Waals surface area contributed by atoms with Gasteiger partial charge >= 0.3 is 30.9 Å². The van der Waals surface area contributed by atoms with Crippen LogP contribution in [0.15, 0.2) is 176 Å². The zero-order chi connectivity index (χ0) is 63.8. The number of nitrogens with zero attached hydrogens (tertiary/aromatic N) is 3. The number of halogens is 15. The van der Waals surface area contributed by atoms with Crippen molar-refractivity contribution in [2.75, 3.05) is 0 Å². The van der Waals surface area contributed by atoms with Crippen molar-refractivity contribution in [3.05, 3.63) is 237 Å². The first kappa shape index (κ1) is 59.6. The maximum atomic E-state index is 15.6. The molecular weight excluding hydrogens is 1180 g/mol. The molecular formula is C71H44F15N3. The Morgan fingerprint density at radius 3 is 0.854 bits per heavy atom. The number of nitriles is 1. The van der Waals surface area contributed by atoms with Crippen LogP contribution in [0.4, 0.5) is 65.9 Å². The van der Waals surface area contributed by atoms with Crippen molar-refractivity contribution in [1.82, 2.24) is 9.13 Å². The second kappa shape index (κ2) is 21.0. The van der Waals surface area contributed by atoms with Crippen molar-refractivity contribution in [3.8, 4) is 73.1 Å². The van der Waals surface area contributed by atoms with Gasteiger partial charge in [0.2, 0.25) is 0 Å². The van der Waals surface area contributed by atoms with E-state index in [1.54, 1.807) is 48.5 Å². The maximum Gasteiger partial charge on any atom is 0.417 e. The molecule has 0 amide bonds. The summed E-state index contributed by atoms with van der Waals surface area (Å²) < 4.78 is 224. The molecule has 0 aliphatic heterocycles. The second-order valence-electron chi connectivity index (χ2n) is 22.4. The lowest BCUT2D eigenvalue weighted by Crippen LogP contribution is -2.10. The van der Waals surface area contributed by atoms with Crippen molar-refractivity contribution >= 4 is 43.6 Å². The van der Waals surface area contributed by atoms with E-state index in [0.29, 0.717) is 21.5 Å². The molecule has 18 heteroatoms. The monoisotopic (exact) mass is 1220 g/mol. The molecule has 2 heterocycles. The highest BCUT2D eigenvalue weighted by Gasteiger charge is 2.37. The number of aryl methyl sites for hydroxylation is 5. The Morgan fingerprint density at radius 2 is 0.596 bits per heavy atom. The van der Waals surface area contributed by atoms with E-state index in [1.807, 2.05) is 0 Å². The van der Waals surface area contributed by atoms with Crippen LogP contribution in [-0.2, 0) is 30.9 Å². The first-order valence-corrected chi connectivity index (χ1v) is 27.4. The van der Waals surface area contributed by atoms with Crippen molar-refractivity contribution in [2.24, 2.45) is 0 Å². The van der Waals surface area contributed by atoms with Gasteiger partial charge in [0.1, 0.15) is 11.6 Å². The predicted molar refractivity (Wildman–Crippen MR) is 316 cm³/mol. The summed E-state index contributed by atoms with van der Waals surface area (Å²) in [6.07, 6.45) is -24.2. The molecule has 0 aliphatic rings. The van der Waals surface area contributed by atoms with Gasteiger partial charge in [-0.1, -0.05) is 84.9 Å². The van der Waals surface area contributed by atoms with E-state index in [4.69, 9.17) is 0 Å². The smallest absolute Gasteiger partial charge is 0.308 e. The highest BCUT2D eigenvalue weighted by atomic mass is 19.4. The lowest BCUT2D eigenvalue weighted by molar-refractivity contribution is -0.138. The summed E-state index contributed by atoms with van der Waals surface area (Å²) in [5, 5.41) is 13.5. The highest BCUT2D eigenvalue weighted by molar-refractivity contribution is 6.13. The topological polar surface area (TPSA) is 33.6 Å². The van der Waals surface area contributed by atoms with E-state index in [-0.39, 0.29) is 122 Å². The third kappa shape index (κ3) is 10.9. The molecule has 89 heavy (non-hydrogen) atoms. The van der Waals surface area contributed by atoms with Gasteiger partial charge in [-0.3, -0.25) is 0 Å². The molecule has 0 unspecified atom stereocenters. The number of hydrogen-bond donors (Lipinski definition) is 0. The quantitative estimate of drug-likeness (QED) is 0.146. The van der Waals surface area contributed by atoms with E-state index < -0.39 is 58.7 Å². The Balaban J connectivity index is 1.27. The number of benzene rings is 10. The van der Waals surface area contributed by atoms with Gasteiger partial charge in [0.15, 0.2) is 0 Å². The lowest BCUT2D eigenvalue weighted by Gasteiger charge is -2.21. The van der Waals surface area contributed by atoms with Crippen LogP contribution in [-0.4, -0.2) is 9.13 Å². The molecule has 0 N–H and O–H groups in total. The maximum absolute atomic E-state index is 15.6. The molecule has 12 aromatic rings. The van der Waals surface area contributed by atoms with Crippen molar-refractivity contribution in [1.29, 1.82) is 5.26 Å². The Labute approximate surface area is 497 Å². The highest BCUT2D eigenvalue weighted by Crippen LogP contribution is 2.48. The summed E-state index contributed by atoms with van der Waals surface area (Å²) in [6, 6.07) is 40.9. The second-order valence-corrected chi connectivity index (χ2v) is 22.4. The van der Waals surface area contributed by atoms with Crippen LogP contribution in [0.3, 0.4) is 0 Å². The van der Waals surface area contributed by atoms with Gasteiger partial charge in [-0.2, -0.15) is 71.1 Å². The number of hydrogen-bond acceptors (Lipinski definition) is 1. The number of fused-ring (bicyclic) bond motifs is 6. The molecule has 0 saturated heterocycles. The summed E-state index contributed by atoms with van der Waals surface area (Å²) in [5.74, 6) is 0. The zero-order valence-corrected chi connectivity index (χ0v) is 47.3. The van der Waals surface area contributed by atoms with Crippen LogP contribution in [0, 0.1) is 45.9 Å². The fourth-order valence-electron chi connectivity index (χ4n) is 12.2. The summed E-state index contributed by atoms with van der Waals surface area (Å²) in [6.45, 7) is 7.32. The largest absolute Gasteiger partial charge is 0.417 e. The van der Waals surface area contributed by atoms with E-state index >= 15 is 13.2 Å². The van der Waals surface area contributed by atoms with E-state index in [2.05, 4.69) is 6.07 Å². The van der Waals surface area contributed by atoms with Crippen LogP contribution in [0.2, 0.25) is 0 Å². The first-order valence-electron chi connectivity index (χ1n) is 27.4. The van der Waals surface area contributed by atoms with Gasteiger partial charge in [0, 0.05) is 21.5 Å². The minimum atomic E-state index is -5.03. The third-order valence-corrected chi connectivity index (χ3v) is 16.0. The minimum Gasteiger partial charge on any atom is -0.308 e. The van der Waals surface area contributed by atoms with Gasteiger partial charge in [0.25, 0.3) is 0 Å². The van der Waals surface area contributed by atoms with Crippen molar-refractivity contribution in [2.45, 2.75) is 65.5 Å². The standard InChI is InChI=1S/C71H44F15N3/c1-36-17-45(25-50(21-36)67(72,73)74)41-9-13-54-55-14-10-42(46-18-37(2)22-51(26-46)68(75,76)77)30-61(55)88(60(54)29-41)64-33-49(66-40(5)7-6-8-59(66)71(84,85)86)34-65(58(64)35-87)89-62-31-43(47-19-38(3)23-52(27-47)69(78,79)80)11-15-56(62)57-16-12-44(32-63(57)89)48-20-39(4)24-53(28-48)70(81,82)83/h6-34H,1-5H3. The molecule has 448 valence electrons. The molecule has 0 atom stereocenters. The number of rotatable bonds is 7. The Kier molecular flexibility index (Phi) is 14.0. The number of aromatic nitrogens is 2. The van der Waals surface area contributed by atoms with E-state index in [9.17, 15) is 57.9 Å². The molecule has 0 bridgehead atoms. The van der Waals surface area contributed by atoms with Gasteiger partial charge in [-0.15, -0.1) is 0 Å². The summed E-state index contributed by atoms with van der Waals surface area (Å²) in [7, 11) is 0. The van der Waals surface area contributed by atoms with Gasteiger partial charge in [-0.05, 0) is 209 Å². The molecule has 12 rings (SSSR count). The first-order chi connectivity index (χ1) is 41.7. The zero-order valence-electron chi connectivity index (χ0n) is 47.3. The van der Waals surface area contributed by atoms with Crippen LogP contribution in [0.25, 0.3) is 111 Å². The van der Waals surface area contributed by atoms with Crippen LogP contribution < -0.4 is 0 Å². The summed E-state index contributed by atoms with van der Waals surface area (Å²) >= 11 is 0. The van der Waals surface area contributed by atoms with Crippen LogP contribution in [0.5, 0.6) is 0 Å². The molecule has 0 saturated carbocycles. The predicted octanol–water partition coefficient (Wildman–Crippen LogP) is 22.7. The molecule has 0 fully saturated rings. The normalized spacial score (nSPS) is 12.7. The molecule has 0 spiro atoms. The van der Waals surface area contributed by atoms with E-state index in [0.717, 1.165) is 54.6 Å². The third-order valence-electron chi connectivity index (χ3n) is 16.0.